The van der Waals surface area contributed by atoms with E-state index in [2.05, 4.69) is 0 Å². The van der Waals surface area contributed by atoms with Crippen molar-refractivity contribution < 1.29 is 22.3 Å². The Morgan fingerprint density at radius 2 is 1.64 bits per heavy atom. The van der Waals surface area contributed by atoms with Crippen LogP contribution < -0.4 is 9.13 Å². The molecule has 130 valence electrons. The number of nitrogens with zero attached hydrogens (tertiary/aromatic N) is 3. The van der Waals surface area contributed by atoms with Gasteiger partial charge in [0, 0.05) is 12.1 Å². The van der Waals surface area contributed by atoms with Crippen LogP contribution in [0.2, 0.25) is 0 Å². The van der Waals surface area contributed by atoms with Gasteiger partial charge in [-0.1, -0.05) is 0 Å². The minimum atomic E-state index is -4.41. The molecule has 3 rings (SSSR count). The van der Waals surface area contributed by atoms with Crippen LogP contribution in [0.4, 0.5) is 13.2 Å². The van der Waals surface area contributed by atoms with Gasteiger partial charge in [-0.25, -0.2) is 13.7 Å². The van der Waals surface area contributed by atoms with E-state index in [4.69, 9.17) is 0 Å². The van der Waals surface area contributed by atoms with Crippen molar-refractivity contribution in [1.29, 1.82) is 0 Å². The lowest BCUT2D eigenvalue weighted by atomic mass is 9.95. The molecule has 0 unspecified atom stereocenters. The summed E-state index contributed by atoms with van der Waals surface area (Å²) in [6.07, 6.45) is 1.08. The summed E-state index contributed by atoms with van der Waals surface area (Å²) in [5, 5.41) is 0. The van der Waals surface area contributed by atoms with E-state index in [0.717, 1.165) is 17.1 Å². The predicted octanol–water partition coefficient (Wildman–Crippen LogP) is 3.34. The van der Waals surface area contributed by atoms with Gasteiger partial charge in [-0.15, -0.1) is 0 Å². The molecule has 0 saturated carbocycles. The quantitative estimate of drug-likeness (QED) is 0.631. The van der Waals surface area contributed by atoms with E-state index in [1.807, 2.05) is 78.6 Å². The molecule has 6 heteroatoms. The third-order valence-corrected chi connectivity index (χ3v) is 4.49. The summed E-state index contributed by atoms with van der Waals surface area (Å²) in [6.45, 7) is 1.87. The van der Waals surface area contributed by atoms with Crippen molar-refractivity contribution in [2.45, 2.75) is 13.1 Å². The first kappa shape index (κ1) is 17.2. The van der Waals surface area contributed by atoms with E-state index in [1.165, 1.54) is 12.1 Å². The zero-order valence-electron chi connectivity index (χ0n) is 14.6. The van der Waals surface area contributed by atoms with Crippen LogP contribution in [0.5, 0.6) is 0 Å². The highest BCUT2D eigenvalue weighted by Crippen LogP contribution is 2.37. The fraction of sp³-hybridized carbons (Fsp3) is 0.263. The number of hydrogen-bond acceptors (Lipinski definition) is 0. The predicted molar refractivity (Wildman–Crippen MR) is 88.4 cm³/mol. The number of halogens is 3. The van der Waals surface area contributed by atoms with Gasteiger partial charge in [0.05, 0.1) is 30.8 Å². The van der Waals surface area contributed by atoms with Crippen LogP contribution in [-0.2, 0) is 27.3 Å². The van der Waals surface area contributed by atoms with E-state index in [0.29, 0.717) is 11.1 Å². The largest absolute Gasteiger partial charge is 0.416 e. The minimum absolute atomic E-state index is 0.573. The molecule has 0 atom stereocenters. The van der Waals surface area contributed by atoms with Crippen LogP contribution in [0.3, 0.4) is 0 Å². The molecule has 3 nitrogen and oxygen atoms in total. The van der Waals surface area contributed by atoms with Crippen molar-refractivity contribution in [3.8, 4) is 22.6 Å². The Bertz CT molecular complexity index is 920. The highest BCUT2D eigenvalue weighted by molar-refractivity contribution is 5.73. The number of pyridine rings is 1. The number of hydrogen-bond donors (Lipinski definition) is 0. The van der Waals surface area contributed by atoms with E-state index in [-0.39, 0.29) is 0 Å². The first-order valence-corrected chi connectivity index (χ1v) is 7.88. The first-order chi connectivity index (χ1) is 11.7. The maximum atomic E-state index is 13.5. The van der Waals surface area contributed by atoms with Crippen LogP contribution in [0.25, 0.3) is 22.6 Å². The molecule has 0 radical (unpaired) electrons. The van der Waals surface area contributed by atoms with Gasteiger partial charge in [0.25, 0.3) is 5.82 Å². The molecule has 0 aliphatic rings. The maximum absolute atomic E-state index is 13.5. The van der Waals surface area contributed by atoms with Crippen molar-refractivity contribution in [2.24, 2.45) is 21.1 Å². The highest BCUT2D eigenvalue weighted by Gasteiger charge is 2.34. The maximum Gasteiger partial charge on any atom is 0.416 e. The summed E-state index contributed by atoms with van der Waals surface area (Å²) in [5.74, 6) is 0.725. The lowest BCUT2D eigenvalue weighted by Gasteiger charge is -2.14. The third kappa shape index (κ3) is 3.04. The molecule has 0 N–H and O–H groups in total. The summed E-state index contributed by atoms with van der Waals surface area (Å²) < 4.78 is 46.0. The monoisotopic (exact) mass is 347 g/mol. The summed E-state index contributed by atoms with van der Waals surface area (Å²) in [7, 11) is 5.49. The molecule has 3 aromatic rings. The van der Waals surface area contributed by atoms with E-state index in [9.17, 15) is 13.2 Å². The molecule has 0 aliphatic carbocycles. The molecule has 1 aromatic carbocycles. The van der Waals surface area contributed by atoms with Gasteiger partial charge < -0.3 is 0 Å². The SMILES string of the molecule is Cc1c(-c2cccc[n+]2C)cc(C(F)(F)F)cc1-c1n(C)cc[n+]1C. The fourth-order valence-electron chi connectivity index (χ4n) is 3.15. The summed E-state index contributed by atoms with van der Waals surface area (Å²) >= 11 is 0. The van der Waals surface area contributed by atoms with Gasteiger partial charge in [-0.05, 0) is 30.7 Å². The Morgan fingerprint density at radius 3 is 2.20 bits per heavy atom. The molecule has 2 aromatic heterocycles. The van der Waals surface area contributed by atoms with Gasteiger partial charge in [-0.3, -0.25) is 0 Å². The molecule has 0 amide bonds. The molecule has 0 aliphatic heterocycles. The lowest BCUT2D eigenvalue weighted by molar-refractivity contribution is -0.660. The Morgan fingerprint density at radius 1 is 0.960 bits per heavy atom. The van der Waals surface area contributed by atoms with Crippen molar-refractivity contribution in [3.05, 3.63) is 60.0 Å². The lowest BCUT2D eigenvalue weighted by Crippen LogP contribution is -2.31. The summed E-state index contributed by atoms with van der Waals surface area (Å²) in [5.41, 5.74) is 2.06. The Hall–Kier alpha value is -2.63. The second kappa shape index (κ2) is 6.02. The molecule has 0 spiro atoms. The van der Waals surface area contributed by atoms with Crippen molar-refractivity contribution in [1.82, 2.24) is 4.57 Å². The number of rotatable bonds is 2. The Kier molecular flexibility index (Phi) is 4.14. The third-order valence-electron chi connectivity index (χ3n) is 4.49. The molecular weight excluding hydrogens is 327 g/mol. The normalized spacial score (nSPS) is 11.8. The molecule has 0 bridgehead atoms. The highest BCUT2D eigenvalue weighted by atomic mass is 19.4. The number of aromatic nitrogens is 3. The van der Waals surface area contributed by atoms with Crippen LogP contribution >= 0.6 is 0 Å². The van der Waals surface area contributed by atoms with Crippen molar-refractivity contribution in [2.75, 3.05) is 0 Å². The second-order valence-corrected chi connectivity index (χ2v) is 6.23. The van der Waals surface area contributed by atoms with E-state index >= 15 is 0 Å². The van der Waals surface area contributed by atoms with Gasteiger partial charge in [0.15, 0.2) is 6.20 Å². The van der Waals surface area contributed by atoms with E-state index in [1.54, 1.807) is 0 Å². The zero-order chi connectivity index (χ0) is 18.4. The number of imidazole rings is 1. The number of aryl methyl sites for hydroxylation is 3. The Balaban J connectivity index is 2.37. The van der Waals surface area contributed by atoms with Gasteiger partial charge >= 0.3 is 6.18 Å². The average Bonchev–Trinajstić information content (AvgIpc) is 2.86. The van der Waals surface area contributed by atoms with Crippen LogP contribution in [0.1, 0.15) is 11.1 Å². The molecule has 0 saturated heterocycles. The topological polar surface area (TPSA) is 12.7 Å². The van der Waals surface area contributed by atoms with E-state index < -0.39 is 11.7 Å². The van der Waals surface area contributed by atoms with Crippen LogP contribution in [0, 0.1) is 6.92 Å². The molecular formula is C19H20F3N3+2. The number of benzene rings is 1. The molecule has 25 heavy (non-hydrogen) atoms. The fourth-order valence-corrected chi connectivity index (χ4v) is 3.15. The van der Waals surface area contributed by atoms with Gasteiger partial charge in [-0.2, -0.15) is 13.2 Å². The summed E-state index contributed by atoms with van der Waals surface area (Å²) in [6, 6.07) is 7.98. The van der Waals surface area contributed by atoms with Gasteiger partial charge in [0.2, 0.25) is 5.69 Å². The molecule has 2 heterocycles. The van der Waals surface area contributed by atoms with Crippen LogP contribution in [0.15, 0.2) is 48.9 Å². The first-order valence-electron chi connectivity index (χ1n) is 7.88. The minimum Gasteiger partial charge on any atom is -0.233 e. The standard InChI is InChI=1S/C19H20F3N3/c1-13-15(17-7-5-6-8-23(17)2)11-14(19(20,21)22)12-16(13)18-24(3)9-10-25(18)4/h5-12H,1-4H3/q+2. The summed E-state index contributed by atoms with van der Waals surface area (Å²) in [4.78, 5) is 0. The van der Waals surface area contributed by atoms with Gasteiger partial charge in [0.1, 0.15) is 19.4 Å². The smallest absolute Gasteiger partial charge is 0.233 e. The van der Waals surface area contributed by atoms with Crippen molar-refractivity contribution in [3.63, 3.8) is 0 Å². The van der Waals surface area contributed by atoms with Crippen molar-refractivity contribution >= 4 is 0 Å². The second-order valence-electron chi connectivity index (χ2n) is 6.23. The Labute approximate surface area is 144 Å². The number of alkyl halides is 3. The van der Waals surface area contributed by atoms with Crippen LogP contribution in [-0.4, -0.2) is 4.57 Å². The molecule has 0 fully saturated rings. The average molecular weight is 347 g/mol. The zero-order valence-corrected chi connectivity index (χ0v) is 14.6.